The average Bonchev–Trinajstić information content (AvgIpc) is 2.23. The molecule has 8 heteroatoms. The lowest BCUT2D eigenvalue weighted by Crippen LogP contribution is -2.45. The summed E-state index contributed by atoms with van der Waals surface area (Å²) in [4.78, 5) is 10.5. The summed E-state index contributed by atoms with van der Waals surface area (Å²) in [5.74, 6) is -1.66. The molecule has 0 spiro atoms. The van der Waals surface area contributed by atoms with E-state index in [2.05, 4.69) is 0 Å². The van der Waals surface area contributed by atoms with Gasteiger partial charge in [0, 0.05) is 20.1 Å². The normalized spacial score (nSPS) is 13.6. The molecule has 0 aromatic rings. The number of hydrogen-bond donors (Lipinski definition) is 1. The maximum atomic E-state index is 11.9. The second-order valence-electron chi connectivity index (χ2n) is 3.64. The van der Waals surface area contributed by atoms with E-state index in [0.717, 1.165) is 8.61 Å². The number of carbonyl (C=O) groups is 1. The van der Waals surface area contributed by atoms with Crippen LogP contribution in [0.5, 0.6) is 0 Å². The van der Waals surface area contributed by atoms with Gasteiger partial charge in [0.2, 0.25) is 0 Å². The first kappa shape index (κ1) is 15.8. The summed E-state index contributed by atoms with van der Waals surface area (Å²) in [6.07, 6.45) is 0. The minimum Gasteiger partial charge on any atom is -0.480 e. The molecule has 1 atom stereocenters. The molecule has 0 heterocycles. The van der Waals surface area contributed by atoms with Crippen LogP contribution in [0.2, 0.25) is 0 Å². The highest BCUT2D eigenvalue weighted by molar-refractivity contribution is 7.86. The van der Waals surface area contributed by atoms with Crippen LogP contribution in [0.3, 0.4) is 0 Å². The van der Waals surface area contributed by atoms with Gasteiger partial charge in [0.15, 0.2) is 0 Å². The summed E-state index contributed by atoms with van der Waals surface area (Å²) in [7, 11) is -2.62. The van der Waals surface area contributed by atoms with Gasteiger partial charge >= 0.3 is 5.97 Å². The Kier molecular flexibility index (Phi) is 6.09. The molecule has 0 saturated carbocycles. The minimum absolute atomic E-state index is 0.0549. The van der Waals surface area contributed by atoms with Crippen LogP contribution in [0.25, 0.3) is 0 Å². The highest BCUT2D eigenvalue weighted by atomic mass is 32.2. The molecule has 0 bridgehead atoms. The third-order valence-corrected chi connectivity index (χ3v) is 4.11. The lowest BCUT2D eigenvalue weighted by atomic mass is 10.2. The Hall–Kier alpha value is -1.17. The number of carboxylic acids is 1. The zero-order valence-corrected chi connectivity index (χ0v) is 10.9. The van der Waals surface area contributed by atoms with Crippen molar-refractivity contribution in [2.75, 3.05) is 26.7 Å². The lowest BCUT2D eigenvalue weighted by molar-refractivity contribution is -0.137. The fourth-order valence-electron chi connectivity index (χ4n) is 1.20. The van der Waals surface area contributed by atoms with Crippen LogP contribution < -0.4 is 0 Å². The molecule has 0 saturated heterocycles. The molecule has 0 amide bonds. The summed E-state index contributed by atoms with van der Waals surface area (Å²) in [6, 6.07) is 1.94. The average molecular weight is 263 g/mol. The van der Waals surface area contributed by atoms with E-state index in [1.54, 1.807) is 13.8 Å². The van der Waals surface area contributed by atoms with Gasteiger partial charge in [-0.05, 0) is 6.92 Å². The number of nitrogens with zero attached hydrogens (tertiary/aromatic N) is 3. The molecular formula is C9H17N3O4S. The molecule has 17 heavy (non-hydrogen) atoms. The third-order valence-electron chi connectivity index (χ3n) is 2.13. The molecule has 0 aromatic carbocycles. The first-order valence-electron chi connectivity index (χ1n) is 5.08. The number of hydrogen-bond acceptors (Lipinski definition) is 4. The number of likely N-dealkylation sites (N-methyl/N-ethyl adjacent to an activating group) is 1. The van der Waals surface area contributed by atoms with Crippen molar-refractivity contribution in [3.63, 3.8) is 0 Å². The van der Waals surface area contributed by atoms with E-state index in [1.165, 1.54) is 7.05 Å². The van der Waals surface area contributed by atoms with Crippen LogP contribution in [-0.4, -0.2) is 54.8 Å². The van der Waals surface area contributed by atoms with E-state index in [1.807, 2.05) is 6.07 Å². The maximum absolute atomic E-state index is 11.9. The van der Waals surface area contributed by atoms with Gasteiger partial charge in [-0.2, -0.15) is 22.3 Å². The van der Waals surface area contributed by atoms with Gasteiger partial charge < -0.3 is 5.11 Å². The first-order valence-corrected chi connectivity index (χ1v) is 6.48. The zero-order chi connectivity index (χ0) is 13.6. The minimum atomic E-state index is -3.82. The standard InChI is InChI=1S/C9H17N3O4S/c1-4-12(6-8(2)5-10)17(15,16)11(3)7-9(13)14/h8H,4,6-7H2,1-3H3,(H,13,14). The van der Waals surface area contributed by atoms with Crippen LogP contribution in [-0.2, 0) is 15.0 Å². The van der Waals surface area contributed by atoms with Crippen LogP contribution in [0.1, 0.15) is 13.8 Å². The van der Waals surface area contributed by atoms with Gasteiger partial charge in [-0.15, -0.1) is 0 Å². The van der Waals surface area contributed by atoms with Crippen molar-refractivity contribution in [1.82, 2.24) is 8.61 Å². The maximum Gasteiger partial charge on any atom is 0.318 e. The molecule has 7 nitrogen and oxygen atoms in total. The van der Waals surface area contributed by atoms with E-state index in [4.69, 9.17) is 10.4 Å². The summed E-state index contributed by atoms with van der Waals surface area (Å²) in [5, 5.41) is 17.2. The Bertz CT molecular complexity index is 401. The van der Waals surface area contributed by atoms with Crippen molar-refractivity contribution in [3.8, 4) is 6.07 Å². The van der Waals surface area contributed by atoms with Gasteiger partial charge in [0.1, 0.15) is 6.54 Å². The smallest absolute Gasteiger partial charge is 0.318 e. The highest BCUT2D eigenvalue weighted by Gasteiger charge is 2.28. The molecule has 1 N–H and O–H groups in total. The second kappa shape index (κ2) is 6.54. The van der Waals surface area contributed by atoms with E-state index < -0.39 is 28.6 Å². The predicted molar refractivity (Wildman–Crippen MR) is 61.2 cm³/mol. The van der Waals surface area contributed by atoms with Crippen LogP contribution in [0.4, 0.5) is 0 Å². The fraction of sp³-hybridized carbons (Fsp3) is 0.778. The van der Waals surface area contributed by atoms with E-state index in [0.29, 0.717) is 0 Å². The molecule has 0 aliphatic carbocycles. The largest absolute Gasteiger partial charge is 0.480 e. The molecular weight excluding hydrogens is 246 g/mol. The number of aliphatic carboxylic acids is 1. The van der Waals surface area contributed by atoms with Crippen molar-refractivity contribution in [2.45, 2.75) is 13.8 Å². The van der Waals surface area contributed by atoms with Gasteiger partial charge in [-0.1, -0.05) is 6.92 Å². The third kappa shape index (κ3) is 4.68. The summed E-state index contributed by atoms with van der Waals surface area (Å²) < 4.78 is 25.7. The molecule has 0 radical (unpaired) electrons. The Balaban J connectivity index is 4.87. The lowest BCUT2D eigenvalue weighted by Gasteiger charge is -2.26. The van der Waals surface area contributed by atoms with Crippen molar-refractivity contribution < 1.29 is 18.3 Å². The fourth-order valence-corrected chi connectivity index (χ4v) is 2.61. The SMILES string of the molecule is CCN(CC(C)C#N)S(=O)(=O)N(C)CC(=O)O. The predicted octanol–water partition coefficient (Wildman–Crippen LogP) is -0.271. The van der Waals surface area contributed by atoms with Crippen molar-refractivity contribution >= 4 is 16.2 Å². The van der Waals surface area contributed by atoms with Gasteiger partial charge in [-0.3, -0.25) is 4.79 Å². The van der Waals surface area contributed by atoms with Crippen LogP contribution in [0, 0.1) is 17.2 Å². The molecule has 0 aromatic heterocycles. The topological polar surface area (TPSA) is 102 Å². The molecule has 0 aliphatic rings. The zero-order valence-electron chi connectivity index (χ0n) is 10.1. The Labute approximate surface area is 101 Å². The summed E-state index contributed by atoms with van der Waals surface area (Å²) >= 11 is 0. The Morgan fingerprint density at radius 2 is 2.06 bits per heavy atom. The number of carboxylic acid groups (broad SMARTS) is 1. The van der Waals surface area contributed by atoms with E-state index in [-0.39, 0.29) is 13.1 Å². The molecule has 98 valence electrons. The summed E-state index contributed by atoms with van der Waals surface area (Å²) in [5.41, 5.74) is 0. The van der Waals surface area contributed by atoms with Gasteiger partial charge in [-0.25, -0.2) is 0 Å². The van der Waals surface area contributed by atoms with Crippen molar-refractivity contribution in [1.29, 1.82) is 5.26 Å². The van der Waals surface area contributed by atoms with Crippen molar-refractivity contribution in [2.24, 2.45) is 5.92 Å². The van der Waals surface area contributed by atoms with Gasteiger partial charge in [0.05, 0.1) is 12.0 Å². The highest BCUT2D eigenvalue weighted by Crippen LogP contribution is 2.09. The summed E-state index contributed by atoms with van der Waals surface area (Å²) in [6.45, 7) is 2.89. The van der Waals surface area contributed by atoms with Crippen molar-refractivity contribution in [3.05, 3.63) is 0 Å². The number of nitriles is 1. The second-order valence-corrected chi connectivity index (χ2v) is 5.67. The van der Waals surface area contributed by atoms with Crippen LogP contribution >= 0.6 is 0 Å². The molecule has 1 unspecified atom stereocenters. The first-order chi connectivity index (χ1) is 7.75. The van der Waals surface area contributed by atoms with Crippen LogP contribution in [0.15, 0.2) is 0 Å². The van der Waals surface area contributed by atoms with E-state index >= 15 is 0 Å². The van der Waals surface area contributed by atoms with Gasteiger partial charge in [0.25, 0.3) is 10.2 Å². The van der Waals surface area contributed by atoms with E-state index in [9.17, 15) is 13.2 Å². The number of rotatable bonds is 7. The Morgan fingerprint density at radius 3 is 2.41 bits per heavy atom. The Morgan fingerprint density at radius 1 is 1.53 bits per heavy atom. The molecule has 0 rings (SSSR count). The molecule has 0 aliphatic heterocycles. The quantitative estimate of drug-likeness (QED) is 0.681. The molecule has 0 fully saturated rings. The monoisotopic (exact) mass is 263 g/mol.